The first kappa shape index (κ1) is 14.0. The van der Waals surface area contributed by atoms with Crippen molar-refractivity contribution in [1.82, 2.24) is 10.3 Å². The third-order valence-electron chi connectivity index (χ3n) is 3.66. The maximum atomic E-state index is 12.4. The summed E-state index contributed by atoms with van der Waals surface area (Å²) in [6.07, 6.45) is -0.200. The van der Waals surface area contributed by atoms with Crippen molar-refractivity contribution < 1.29 is 14.3 Å². The van der Waals surface area contributed by atoms with Gasteiger partial charge in [0.2, 0.25) is 0 Å². The molecule has 0 bridgehead atoms. The molecule has 23 heavy (non-hydrogen) atoms. The van der Waals surface area contributed by atoms with Crippen LogP contribution in [0, 0.1) is 0 Å². The Balaban J connectivity index is 1.44. The molecule has 5 nitrogen and oxygen atoms in total. The Kier molecular flexibility index (Phi) is 3.59. The summed E-state index contributed by atoms with van der Waals surface area (Å²) in [6.45, 7) is 0.810. The van der Waals surface area contributed by atoms with Gasteiger partial charge in [-0.25, -0.2) is 4.98 Å². The normalized spacial score (nSPS) is 16.3. The molecule has 6 heteroatoms. The number of carbonyl (C=O) groups excluding carboxylic acids is 1. The van der Waals surface area contributed by atoms with Gasteiger partial charge in [0.1, 0.15) is 12.7 Å². The summed E-state index contributed by atoms with van der Waals surface area (Å²) in [5.41, 5.74) is 3.23. The van der Waals surface area contributed by atoms with E-state index in [4.69, 9.17) is 9.47 Å². The van der Waals surface area contributed by atoms with E-state index in [0.29, 0.717) is 24.5 Å². The highest BCUT2D eigenvalue weighted by Gasteiger charge is 2.21. The molecule has 0 saturated carbocycles. The molecule has 0 aliphatic carbocycles. The summed E-state index contributed by atoms with van der Waals surface area (Å²) >= 11 is 1.47. The van der Waals surface area contributed by atoms with Crippen LogP contribution in [0.4, 0.5) is 0 Å². The van der Waals surface area contributed by atoms with E-state index in [9.17, 15) is 4.79 Å². The van der Waals surface area contributed by atoms with Gasteiger partial charge in [-0.05, 0) is 24.3 Å². The Bertz CT molecular complexity index is 862. The second-order valence-corrected chi connectivity index (χ2v) is 6.07. The van der Waals surface area contributed by atoms with Crippen molar-refractivity contribution in [2.45, 2.75) is 6.10 Å². The van der Waals surface area contributed by atoms with Crippen LogP contribution in [-0.2, 0) is 0 Å². The lowest BCUT2D eigenvalue weighted by Crippen LogP contribution is -2.40. The van der Waals surface area contributed by atoms with E-state index in [1.165, 1.54) is 11.3 Å². The quantitative estimate of drug-likeness (QED) is 0.804. The predicted molar refractivity (Wildman–Crippen MR) is 88.3 cm³/mol. The van der Waals surface area contributed by atoms with Crippen molar-refractivity contribution in [2.24, 2.45) is 0 Å². The van der Waals surface area contributed by atoms with Gasteiger partial charge in [-0.15, -0.1) is 11.3 Å². The minimum atomic E-state index is -0.200. The molecule has 2 heterocycles. The zero-order valence-electron chi connectivity index (χ0n) is 12.2. The maximum Gasteiger partial charge on any atom is 0.252 e. The molecule has 1 aromatic heterocycles. The van der Waals surface area contributed by atoms with Gasteiger partial charge in [-0.3, -0.25) is 4.79 Å². The largest absolute Gasteiger partial charge is 0.486 e. The molecule has 1 aliphatic rings. The number of nitrogens with zero attached hydrogens (tertiary/aromatic N) is 1. The summed E-state index contributed by atoms with van der Waals surface area (Å²) in [7, 11) is 0. The molecule has 1 amide bonds. The van der Waals surface area contributed by atoms with Gasteiger partial charge >= 0.3 is 0 Å². The van der Waals surface area contributed by atoms with E-state index < -0.39 is 0 Å². The zero-order valence-corrected chi connectivity index (χ0v) is 13.0. The Morgan fingerprint density at radius 2 is 2.09 bits per heavy atom. The van der Waals surface area contributed by atoms with Gasteiger partial charge in [-0.2, -0.15) is 0 Å². The van der Waals surface area contributed by atoms with Crippen molar-refractivity contribution in [2.75, 3.05) is 13.2 Å². The second-order valence-electron chi connectivity index (χ2n) is 5.21. The molecular weight excluding hydrogens is 312 g/mol. The summed E-state index contributed by atoms with van der Waals surface area (Å²) in [5, 5.41) is 2.92. The summed E-state index contributed by atoms with van der Waals surface area (Å²) in [5.74, 6) is 1.33. The number of rotatable bonds is 3. The van der Waals surface area contributed by atoms with Crippen LogP contribution < -0.4 is 14.8 Å². The molecule has 1 N–H and O–H groups in total. The van der Waals surface area contributed by atoms with Crippen molar-refractivity contribution in [3.63, 3.8) is 0 Å². The standard InChI is InChI=1S/C17H14N2O3S/c20-17(12-4-3-5-13-16(12)23-10-19-13)18-8-11-9-21-14-6-1-2-7-15(14)22-11/h1-7,10-11H,8-9H2,(H,18,20). The highest BCUT2D eigenvalue weighted by molar-refractivity contribution is 7.17. The first-order valence-corrected chi connectivity index (χ1v) is 8.18. The number of thiazole rings is 1. The molecule has 2 aromatic carbocycles. The van der Waals surface area contributed by atoms with Gasteiger partial charge in [0.25, 0.3) is 5.91 Å². The fourth-order valence-corrected chi connectivity index (χ4v) is 3.33. The number of hydrogen-bond donors (Lipinski definition) is 1. The first-order valence-electron chi connectivity index (χ1n) is 7.30. The number of aromatic nitrogens is 1. The van der Waals surface area contributed by atoms with Gasteiger partial charge in [0.05, 0.1) is 27.8 Å². The van der Waals surface area contributed by atoms with Gasteiger partial charge in [0.15, 0.2) is 11.5 Å². The number of carbonyl (C=O) groups is 1. The van der Waals surface area contributed by atoms with Crippen LogP contribution in [0.1, 0.15) is 10.4 Å². The molecule has 0 spiro atoms. The average molecular weight is 326 g/mol. The van der Waals surface area contributed by atoms with Crippen LogP contribution in [0.5, 0.6) is 11.5 Å². The number of hydrogen-bond acceptors (Lipinski definition) is 5. The first-order chi connectivity index (χ1) is 11.3. The van der Waals surface area contributed by atoms with E-state index >= 15 is 0 Å². The Morgan fingerprint density at radius 3 is 3.00 bits per heavy atom. The average Bonchev–Trinajstić information content (AvgIpc) is 3.08. The van der Waals surface area contributed by atoms with E-state index in [1.54, 1.807) is 5.51 Å². The molecule has 4 rings (SSSR count). The molecule has 116 valence electrons. The lowest BCUT2D eigenvalue weighted by atomic mass is 10.2. The topological polar surface area (TPSA) is 60.5 Å². The monoisotopic (exact) mass is 326 g/mol. The molecular formula is C17H14N2O3S. The van der Waals surface area contributed by atoms with Crippen molar-refractivity contribution >= 4 is 27.5 Å². The Morgan fingerprint density at radius 1 is 1.22 bits per heavy atom. The van der Waals surface area contributed by atoms with Gasteiger partial charge < -0.3 is 14.8 Å². The SMILES string of the molecule is O=C(NCC1COc2ccccc2O1)c1cccc2ncsc12. The summed E-state index contributed by atoms with van der Waals surface area (Å²) in [4.78, 5) is 16.6. The number of para-hydroxylation sites is 2. The molecule has 0 fully saturated rings. The van der Waals surface area contributed by atoms with Crippen LogP contribution in [0.15, 0.2) is 48.0 Å². The summed E-state index contributed by atoms with van der Waals surface area (Å²) in [6, 6.07) is 13.1. The fraction of sp³-hybridized carbons (Fsp3) is 0.176. The number of fused-ring (bicyclic) bond motifs is 2. The van der Waals surface area contributed by atoms with Crippen LogP contribution in [0.25, 0.3) is 10.2 Å². The number of ether oxygens (including phenoxy) is 2. The van der Waals surface area contributed by atoms with Crippen molar-refractivity contribution in [3.8, 4) is 11.5 Å². The minimum Gasteiger partial charge on any atom is -0.486 e. The van der Waals surface area contributed by atoms with Crippen molar-refractivity contribution in [1.29, 1.82) is 0 Å². The fourth-order valence-electron chi connectivity index (χ4n) is 2.53. The number of benzene rings is 2. The lowest BCUT2D eigenvalue weighted by molar-refractivity contribution is 0.0790. The number of nitrogens with one attached hydrogen (secondary N) is 1. The third kappa shape index (κ3) is 2.73. The molecule has 1 atom stereocenters. The lowest BCUT2D eigenvalue weighted by Gasteiger charge is -2.26. The minimum absolute atomic E-state index is 0.123. The van der Waals surface area contributed by atoms with Crippen LogP contribution >= 0.6 is 11.3 Å². The maximum absolute atomic E-state index is 12.4. The highest BCUT2D eigenvalue weighted by atomic mass is 32.1. The van der Waals surface area contributed by atoms with Crippen LogP contribution in [0.2, 0.25) is 0 Å². The van der Waals surface area contributed by atoms with E-state index in [1.807, 2.05) is 42.5 Å². The van der Waals surface area contributed by atoms with E-state index in [0.717, 1.165) is 16.0 Å². The molecule has 3 aromatic rings. The molecule has 0 radical (unpaired) electrons. The zero-order chi connectivity index (χ0) is 15.6. The molecule has 0 saturated heterocycles. The van der Waals surface area contributed by atoms with Gasteiger partial charge in [-0.1, -0.05) is 18.2 Å². The smallest absolute Gasteiger partial charge is 0.252 e. The van der Waals surface area contributed by atoms with Crippen LogP contribution in [-0.4, -0.2) is 30.1 Å². The van der Waals surface area contributed by atoms with Crippen molar-refractivity contribution in [3.05, 3.63) is 53.5 Å². The van der Waals surface area contributed by atoms with Gasteiger partial charge in [0, 0.05) is 0 Å². The number of amides is 1. The third-order valence-corrected chi connectivity index (χ3v) is 4.53. The second kappa shape index (κ2) is 5.89. The molecule has 1 aliphatic heterocycles. The Hall–Kier alpha value is -2.60. The highest BCUT2D eigenvalue weighted by Crippen LogP contribution is 2.30. The Labute approximate surface area is 136 Å². The summed E-state index contributed by atoms with van der Waals surface area (Å²) < 4.78 is 12.4. The molecule has 1 unspecified atom stereocenters. The van der Waals surface area contributed by atoms with E-state index in [-0.39, 0.29) is 12.0 Å². The van der Waals surface area contributed by atoms with Crippen LogP contribution in [0.3, 0.4) is 0 Å². The van der Waals surface area contributed by atoms with E-state index in [2.05, 4.69) is 10.3 Å². The predicted octanol–water partition coefficient (Wildman–Crippen LogP) is 2.87.